The Bertz CT molecular complexity index is 768. The average Bonchev–Trinajstić information content (AvgIpc) is 2.89. The van der Waals surface area contributed by atoms with Crippen molar-refractivity contribution in [1.29, 1.82) is 0 Å². The monoisotopic (exact) mass is 334 g/mol. The van der Waals surface area contributed by atoms with E-state index in [2.05, 4.69) is 15.7 Å². The number of hydrogen-bond acceptors (Lipinski definition) is 3. The summed E-state index contributed by atoms with van der Waals surface area (Å²) in [6.45, 7) is 6.11. The molecular weight excluding hydrogens is 316 g/mol. The molecule has 0 aliphatic carbocycles. The molecule has 122 valence electrons. The minimum atomic E-state index is -0.317. The van der Waals surface area contributed by atoms with Crippen LogP contribution in [0, 0.1) is 13.8 Å². The van der Waals surface area contributed by atoms with Gasteiger partial charge in [0.2, 0.25) is 0 Å². The molecule has 0 aliphatic rings. The fourth-order valence-electron chi connectivity index (χ4n) is 2.37. The summed E-state index contributed by atoms with van der Waals surface area (Å²) in [6, 6.07) is 4.95. The van der Waals surface area contributed by atoms with Crippen LogP contribution in [-0.2, 0) is 6.54 Å². The third kappa shape index (κ3) is 3.53. The van der Waals surface area contributed by atoms with E-state index in [1.165, 1.54) is 13.1 Å². The lowest BCUT2D eigenvalue weighted by molar-refractivity contribution is 0.0964. The number of aryl methyl sites for hydroxylation is 3. The van der Waals surface area contributed by atoms with Crippen molar-refractivity contribution < 1.29 is 9.59 Å². The number of hydrogen-bond donors (Lipinski definition) is 2. The molecule has 0 radical (unpaired) electrons. The van der Waals surface area contributed by atoms with Gasteiger partial charge in [0.25, 0.3) is 11.8 Å². The second-order valence-corrected chi connectivity index (χ2v) is 5.60. The van der Waals surface area contributed by atoms with Crippen molar-refractivity contribution in [3.63, 3.8) is 0 Å². The number of carbonyl (C=O) groups excluding carboxylic acids is 2. The van der Waals surface area contributed by atoms with Gasteiger partial charge in [-0.15, -0.1) is 0 Å². The minimum Gasteiger partial charge on any atom is -0.355 e. The molecule has 0 saturated carbocycles. The predicted molar refractivity (Wildman–Crippen MR) is 90.2 cm³/mol. The predicted octanol–water partition coefficient (Wildman–Crippen LogP) is 2.79. The maximum atomic E-state index is 12.6. The number of halogens is 1. The van der Waals surface area contributed by atoms with Gasteiger partial charge in [-0.05, 0) is 44.5 Å². The Kier molecular flexibility index (Phi) is 5.05. The van der Waals surface area contributed by atoms with Gasteiger partial charge in [0.1, 0.15) is 5.69 Å². The summed E-state index contributed by atoms with van der Waals surface area (Å²) in [7, 11) is 1.53. The zero-order chi connectivity index (χ0) is 17.1. The van der Waals surface area contributed by atoms with Crippen molar-refractivity contribution >= 4 is 29.1 Å². The average molecular weight is 335 g/mol. The Labute approximate surface area is 139 Å². The Morgan fingerprint density at radius 3 is 2.52 bits per heavy atom. The number of benzene rings is 1. The van der Waals surface area contributed by atoms with Crippen LogP contribution in [-0.4, -0.2) is 28.6 Å². The van der Waals surface area contributed by atoms with Gasteiger partial charge < -0.3 is 10.6 Å². The van der Waals surface area contributed by atoms with Gasteiger partial charge in [-0.1, -0.05) is 11.6 Å². The molecular formula is C16H19ClN4O2. The normalized spacial score (nSPS) is 10.5. The molecule has 2 aromatic rings. The molecule has 0 fully saturated rings. The molecule has 2 N–H and O–H groups in total. The summed E-state index contributed by atoms with van der Waals surface area (Å²) in [5.74, 6) is -0.630. The Balaban J connectivity index is 2.43. The number of nitrogens with zero attached hydrogens (tertiary/aromatic N) is 2. The SMILES string of the molecule is CCn1nc(C)cc1C(=O)Nc1c(C)cc(Cl)cc1C(=O)NC. The summed E-state index contributed by atoms with van der Waals surface area (Å²) in [5, 5.41) is 10.1. The third-order valence-electron chi connectivity index (χ3n) is 3.44. The first kappa shape index (κ1) is 17.0. The molecule has 7 heteroatoms. The molecule has 0 atom stereocenters. The van der Waals surface area contributed by atoms with Crippen LogP contribution in [0.15, 0.2) is 18.2 Å². The third-order valence-corrected chi connectivity index (χ3v) is 3.66. The molecule has 2 amide bonds. The molecule has 0 spiro atoms. The maximum absolute atomic E-state index is 12.6. The standard InChI is InChI=1S/C16H19ClN4O2/c1-5-21-13(7-10(3)20-21)16(23)19-14-9(2)6-11(17)8-12(14)15(22)18-4/h6-8H,5H2,1-4H3,(H,18,22)(H,19,23). The number of amides is 2. The molecule has 0 saturated heterocycles. The van der Waals surface area contributed by atoms with E-state index in [0.717, 1.165) is 5.69 Å². The number of aromatic nitrogens is 2. The van der Waals surface area contributed by atoms with Crippen molar-refractivity contribution in [2.75, 3.05) is 12.4 Å². The van der Waals surface area contributed by atoms with Crippen molar-refractivity contribution in [3.8, 4) is 0 Å². The number of rotatable bonds is 4. The molecule has 6 nitrogen and oxygen atoms in total. The first-order chi connectivity index (χ1) is 10.9. The highest BCUT2D eigenvalue weighted by atomic mass is 35.5. The first-order valence-electron chi connectivity index (χ1n) is 7.25. The van der Waals surface area contributed by atoms with E-state index in [1.807, 2.05) is 13.8 Å². The minimum absolute atomic E-state index is 0.314. The lowest BCUT2D eigenvalue weighted by Crippen LogP contribution is -2.23. The zero-order valence-electron chi connectivity index (χ0n) is 13.5. The molecule has 0 unspecified atom stereocenters. The van der Waals surface area contributed by atoms with Crippen LogP contribution in [0.25, 0.3) is 0 Å². The van der Waals surface area contributed by atoms with E-state index in [0.29, 0.717) is 34.1 Å². The van der Waals surface area contributed by atoms with Gasteiger partial charge in [0, 0.05) is 18.6 Å². The molecule has 1 heterocycles. The summed E-state index contributed by atoms with van der Waals surface area (Å²) in [4.78, 5) is 24.6. The van der Waals surface area contributed by atoms with E-state index < -0.39 is 0 Å². The number of carbonyl (C=O) groups is 2. The van der Waals surface area contributed by atoms with Gasteiger partial charge in [-0.25, -0.2) is 0 Å². The van der Waals surface area contributed by atoms with Crippen LogP contribution in [0.3, 0.4) is 0 Å². The highest BCUT2D eigenvalue weighted by Gasteiger charge is 2.19. The largest absolute Gasteiger partial charge is 0.355 e. The van der Waals surface area contributed by atoms with Gasteiger partial charge in [0.05, 0.1) is 16.9 Å². The van der Waals surface area contributed by atoms with Crippen molar-refractivity contribution in [2.45, 2.75) is 27.3 Å². The van der Waals surface area contributed by atoms with Crippen molar-refractivity contribution in [1.82, 2.24) is 15.1 Å². The van der Waals surface area contributed by atoms with Crippen molar-refractivity contribution in [3.05, 3.63) is 45.7 Å². The lowest BCUT2D eigenvalue weighted by Gasteiger charge is -2.14. The zero-order valence-corrected chi connectivity index (χ0v) is 14.3. The summed E-state index contributed by atoms with van der Waals surface area (Å²) in [6.07, 6.45) is 0. The smallest absolute Gasteiger partial charge is 0.273 e. The highest BCUT2D eigenvalue weighted by molar-refractivity contribution is 6.31. The maximum Gasteiger partial charge on any atom is 0.273 e. The second kappa shape index (κ2) is 6.83. The summed E-state index contributed by atoms with van der Waals surface area (Å²) < 4.78 is 1.62. The van der Waals surface area contributed by atoms with Gasteiger partial charge >= 0.3 is 0 Å². The Morgan fingerprint density at radius 1 is 1.22 bits per heavy atom. The molecule has 0 bridgehead atoms. The van der Waals surface area contributed by atoms with Gasteiger partial charge in [-0.2, -0.15) is 5.10 Å². The summed E-state index contributed by atoms with van der Waals surface area (Å²) >= 11 is 6.02. The van der Waals surface area contributed by atoms with Crippen LogP contribution in [0.4, 0.5) is 5.69 Å². The van der Waals surface area contributed by atoms with Gasteiger partial charge in [0.15, 0.2) is 0 Å². The molecule has 0 aliphatic heterocycles. The van der Waals surface area contributed by atoms with E-state index in [4.69, 9.17) is 11.6 Å². The van der Waals surface area contributed by atoms with Crippen LogP contribution in [0.2, 0.25) is 5.02 Å². The van der Waals surface area contributed by atoms with E-state index in [9.17, 15) is 9.59 Å². The van der Waals surface area contributed by atoms with E-state index in [1.54, 1.807) is 23.7 Å². The molecule has 1 aromatic heterocycles. The van der Waals surface area contributed by atoms with Crippen LogP contribution < -0.4 is 10.6 Å². The summed E-state index contributed by atoms with van der Waals surface area (Å²) in [5.41, 5.74) is 2.69. The first-order valence-corrected chi connectivity index (χ1v) is 7.63. The molecule has 23 heavy (non-hydrogen) atoms. The fourth-order valence-corrected chi connectivity index (χ4v) is 2.64. The molecule has 1 aromatic carbocycles. The highest BCUT2D eigenvalue weighted by Crippen LogP contribution is 2.26. The van der Waals surface area contributed by atoms with E-state index >= 15 is 0 Å². The second-order valence-electron chi connectivity index (χ2n) is 5.17. The van der Waals surface area contributed by atoms with Crippen molar-refractivity contribution in [2.24, 2.45) is 0 Å². The van der Waals surface area contributed by atoms with Crippen LogP contribution >= 0.6 is 11.6 Å². The number of nitrogens with one attached hydrogen (secondary N) is 2. The fraction of sp³-hybridized carbons (Fsp3) is 0.312. The Hall–Kier alpha value is -2.34. The topological polar surface area (TPSA) is 76.0 Å². The van der Waals surface area contributed by atoms with Crippen LogP contribution in [0.1, 0.15) is 39.0 Å². The van der Waals surface area contributed by atoms with Crippen LogP contribution in [0.5, 0.6) is 0 Å². The van der Waals surface area contributed by atoms with E-state index in [-0.39, 0.29) is 11.8 Å². The van der Waals surface area contributed by atoms with Gasteiger partial charge in [-0.3, -0.25) is 14.3 Å². The quantitative estimate of drug-likeness (QED) is 0.902. The number of anilines is 1. The molecule has 2 rings (SSSR count). The Morgan fingerprint density at radius 2 is 1.91 bits per heavy atom. The lowest BCUT2D eigenvalue weighted by atomic mass is 10.1.